The summed E-state index contributed by atoms with van der Waals surface area (Å²) in [6, 6.07) is 0. The predicted molar refractivity (Wildman–Crippen MR) is 208 cm³/mol. The van der Waals surface area contributed by atoms with Crippen LogP contribution in [0.1, 0.15) is 119 Å². The Morgan fingerprint density at radius 2 is 1.02 bits per heavy atom. The summed E-state index contributed by atoms with van der Waals surface area (Å²) in [6.07, 6.45) is 29.4. The Kier molecular flexibility index (Phi) is 9.03. The maximum Gasteiger partial charge on any atom is 0.129 e. The Balaban J connectivity index is 0.000000141. The van der Waals surface area contributed by atoms with Crippen LogP contribution in [-0.2, 0) is 39.8 Å². The second-order valence-electron chi connectivity index (χ2n) is 18.3. The van der Waals surface area contributed by atoms with Gasteiger partial charge in [-0.3, -0.25) is 9.36 Å². The van der Waals surface area contributed by atoms with E-state index in [1.165, 1.54) is 69.2 Å². The van der Waals surface area contributed by atoms with Crippen LogP contribution in [-0.4, -0.2) is 50.6 Å². The van der Waals surface area contributed by atoms with Crippen LogP contribution in [0, 0.1) is 22.7 Å². The van der Waals surface area contributed by atoms with Gasteiger partial charge in [0.15, 0.2) is 0 Å². The summed E-state index contributed by atoms with van der Waals surface area (Å²) in [5.41, 5.74) is 20.1. The van der Waals surface area contributed by atoms with E-state index in [4.69, 9.17) is 44.6 Å². The average Bonchev–Trinajstić information content (AvgIpc) is 4.03. The van der Waals surface area contributed by atoms with Gasteiger partial charge in [-0.15, -0.1) is 0 Å². The molecule has 7 saturated carbocycles. The molecule has 4 bridgehead atoms. The first kappa shape index (κ1) is 35.8. The van der Waals surface area contributed by atoms with Gasteiger partial charge in [0.1, 0.15) is 11.6 Å². The van der Waals surface area contributed by atoms with Crippen LogP contribution in [0.15, 0.2) is 24.8 Å². The number of aryl methyl sites for hydroxylation is 2. The number of nitrogens with two attached hydrogens (primary N) is 2. The summed E-state index contributed by atoms with van der Waals surface area (Å²) in [7, 11) is 4.02. The van der Waals surface area contributed by atoms with E-state index < -0.39 is 0 Å². The second-order valence-corrected chi connectivity index (χ2v) is 19.1. The highest BCUT2D eigenvalue weighted by atomic mass is 35.5. The molecule has 11 rings (SSSR count). The van der Waals surface area contributed by atoms with E-state index in [0.717, 1.165) is 110 Å². The summed E-state index contributed by atoms with van der Waals surface area (Å²) in [4.78, 5) is 19.0. The lowest BCUT2D eigenvalue weighted by atomic mass is 9.56. The molecule has 0 saturated heterocycles. The molecule has 7 aliphatic rings. The van der Waals surface area contributed by atoms with Gasteiger partial charge in [-0.25, -0.2) is 19.9 Å². The van der Waals surface area contributed by atoms with Gasteiger partial charge in [0.25, 0.3) is 0 Å². The predicted octanol–water partition coefficient (Wildman–Crippen LogP) is 7.76. The first-order chi connectivity index (χ1) is 25.4. The molecule has 4 aromatic heterocycles. The van der Waals surface area contributed by atoms with E-state index in [1.807, 2.05) is 35.9 Å². The molecule has 53 heavy (non-hydrogen) atoms. The van der Waals surface area contributed by atoms with Gasteiger partial charge in [-0.2, -0.15) is 10.2 Å². The topological polar surface area (TPSA) is 139 Å². The van der Waals surface area contributed by atoms with E-state index in [1.54, 1.807) is 12.4 Å². The highest BCUT2D eigenvalue weighted by molar-refractivity contribution is 6.33. The van der Waals surface area contributed by atoms with E-state index in [2.05, 4.69) is 20.2 Å². The third-order valence-electron chi connectivity index (χ3n) is 14.1. The van der Waals surface area contributed by atoms with E-state index in [9.17, 15) is 0 Å². The molecular weight excluding hydrogens is 703 g/mol. The van der Waals surface area contributed by atoms with Gasteiger partial charge in [0.2, 0.25) is 0 Å². The lowest BCUT2D eigenvalue weighted by Crippen LogP contribution is -2.52. The van der Waals surface area contributed by atoms with E-state index in [0.29, 0.717) is 20.9 Å². The fraction of sp³-hybridized carbons (Fsp3) is 0.659. The van der Waals surface area contributed by atoms with Gasteiger partial charge in [0, 0.05) is 72.9 Å². The quantitative estimate of drug-likeness (QED) is 0.167. The number of rotatable bonds is 10. The van der Waals surface area contributed by atoms with Crippen molar-refractivity contribution in [2.24, 2.45) is 48.2 Å². The van der Waals surface area contributed by atoms with Crippen LogP contribution >= 0.6 is 23.2 Å². The van der Waals surface area contributed by atoms with Gasteiger partial charge < -0.3 is 11.5 Å². The first-order valence-electron chi connectivity index (χ1n) is 20.0. The minimum absolute atomic E-state index is 0.0655. The lowest BCUT2D eigenvalue weighted by molar-refractivity contribution is 0.0433. The van der Waals surface area contributed by atoms with Crippen molar-refractivity contribution in [3.8, 4) is 22.5 Å². The normalized spacial score (nSPS) is 30.2. The molecule has 282 valence electrons. The number of hydrogen-bond acceptors (Lipinski definition) is 8. The van der Waals surface area contributed by atoms with Crippen molar-refractivity contribution in [1.82, 2.24) is 39.5 Å². The number of halogens is 2. The fourth-order valence-corrected chi connectivity index (χ4v) is 10.6. The Labute approximate surface area is 323 Å². The monoisotopic (exact) mass is 756 g/mol. The third kappa shape index (κ3) is 7.30. The van der Waals surface area contributed by atoms with E-state index in [-0.39, 0.29) is 11.1 Å². The summed E-state index contributed by atoms with van der Waals surface area (Å²) in [6.45, 7) is 0. The van der Waals surface area contributed by atoms with Crippen molar-refractivity contribution in [2.75, 3.05) is 0 Å². The van der Waals surface area contributed by atoms with E-state index >= 15 is 0 Å². The van der Waals surface area contributed by atoms with Crippen LogP contribution in [0.25, 0.3) is 22.5 Å². The third-order valence-corrected chi connectivity index (χ3v) is 14.7. The van der Waals surface area contributed by atoms with Crippen molar-refractivity contribution >= 4 is 23.2 Å². The molecular formula is C41H54Cl2N10. The maximum atomic E-state index is 6.52. The van der Waals surface area contributed by atoms with Gasteiger partial charge in [0.05, 0.1) is 33.8 Å². The maximum absolute atomic E-state index is 6.52. The first-order valence-corrected chi connectivity index (χ1v) is 20.8. The minimum atomic E-state index is 0.0655. The molecule has 0 atom stereocenters. The van der Waals surface area contributed by atoms with Crippen molar-refractivity contribution in [1.29, 1.82) is 0 Å². The molecule has 7 fully saturated rings. The zero-order chi connectivity index (χ0) is 36.6. The molecule has 0 aliphatic heterocycles. The second kappa shape index (κ2) is 13.4. The standard InChI is InChI=1S/C21H28ClN5.C20H26ClN5/c1-27-17(10-14-2-3-14)15(12-25-27)19-16(22)13-24-18(26-19)11-20-4-7-21(23,8-5-20)9-6-20;1-26-16(8-13-2-3-13)14(10-24-26)18-15(21)11-23-17(25-18)9-19-4-6-20(22,12-19)7-5-19/h12-14H,2-11,23H2,1H3;10-11,13H,2-9,12,22H2,1H3. The van der Waals surface area contributed by atoms with Gasteiger partial charge >= 0.3 is 0 Å². The number of fused-ring (bicyclic) bond motifs is 5. The number of aromatic nitrogens is 8. The fourth-order valence-electron chi connectivity index (χ4n) is 10.2. The van der Waals surface area contributed by atoms with Crippen LogP contribution in [0.4, 0.5) is 0 Å². The SMILES string of the molecule is Cn1ncc(-c2nc(CC34CCC(N)(CC3)C4)ncc2Cl)c1CC1CC1.Cn1ncc(-c2nc(CC34CCC(N)(CC3)CC4)ncc2Cl)c1CC1CC1. The molecule has 10 nitrogen and oxygen atoms in total. The Hall–Kier alpha value is -2.92. The molecule has 0 amide bonds. The summed E-state index contributed by atoms with van der Waals surface area (Å²) in [5, 5.41) is 10.2. The summed E-state index contributed by atoms with van der Waals surface area (Å²) >= 11 is 13.0. The van der Waals surface area contributed by atoms with Gasteiger partial charge in [-0.1, -0.05) is 23.2 Å². The van der Waals surface area contributed by atoms with Crippen LogP contribution < -0.4 is 11.5 Å². The summed E-state index contributed by atoms with van der Waals surface area (Å²) < 4.78 is 3.95. The molecule has 4 N–H and O–H groups in total. The van der Waals surface area contributed by atoms with Gasteiger partial charge in [-0.05, 0) is 132 Å². The highest BCUT2D eigenvalue weighted by Crippen LogP contribution is 2.57. The number of nitrogens with zero attached hydrogens (tertiary/aromatic N) is 8. The molecule has 4 aromatic rings. The van der Waals surface area contributed by atoms with Crippen molar-refractivity contribution in [3.05, 3.63) is 57.9 Å². The molecule has 0 aromatic carbocycles. The van der Waals surface area contributed by atoms with Crippen LogP contribution in [0.2, 0.25) is 10.0 Å². The minimum Gasteiger partial charge on any atom is -0.325 e. The average molecular weight is 758 g/mol. The molecule has 0 unspecified atom stereocenters. The Morgan fingerprint density at radius 1 is 0.604 bits per heavy atom. The molecule has 7 aliphatic carbocycles. The zero-order valence-electron chi connectivity index (χ0n) is 31.4. The summed E-state index contributed by atoms with van der Waals surface area (Å²) in [5.74, 6) is 3.40. The zero-order valence-corrected chi connectivity index (χ0v) is 32.9. The van der Waals surface area contributed by atoms with Crippen LogP contribution in [0.3, 0.4) is 0 Å². The molecule has 0 radical (unpaired) electrons. The highest BCUT2D eigenvalue weighted by Gasteiger charge is 2.52. The van der Waals surface area contributed by atoms with Crippen molar-refractivity contribution in [3.63, 3.8) is 0 Å². The van der Waals surface area contributed by atoms with Crippen molar-refractivity contribution in [2.45, 2.75) is 133 Å². The molecule has 4 heterocycles. The molecule has 12 heteroatoms. The van der Waals surface area contributed by atoms with Crippen molar-refractivity contribution < 1.29 is 0 Å². The Morgan fingerprint density at radius 3 is 1.43 bits per heavy atom. The van der Waals surface area contributed by atoms with Crippen LogP contribution in [0.5, 0.6) is 0 Å². The number of hydrogen-bond donors (Lipinski definition) is 2. The Bertz CT molecular complexity index is 1980. The largest absolute Gasteiger partial charge is 0.325 e. The lowest BCUT2D eigenvalue weighted by Gasteiger charge is -2.51. The smallest absolute Gasteiger partial charge is 0.129 e. The molecule has 0 spiro atoms.